The predicted molar refractivity (Wildman–Crippen MR) is 68.3 cm³/mol. The molecular formula is C10H15BrClN3. The number of hydrogen-bond donors (Lipinski definition) is 2. The first-order chi connectivity index (χ1) is 6.68. The van der Waals surface area contributed by atoms with E-state index in [1.165, 1.54) is 5.56 Å². The number of benzene rings is 1. The lowest BCUT2D eigenvalue weighted by atomic mass is 10.1. The van der Waals surface area contributed by atoms with Crippen LogP contribution in [0.15, 0.2) is 24.3 Å². The van der Waals surface area contributed by atoms with Crippen LogP contribution in [-0.4, -0.2) is 24.8 Å². The maximum Gasteiger partial charge on any atom is 0.112 e. The van der Waals surface area contributed by atoms with E-state index in [-0.39, 0.29) is 23.3 Å². The molecule has 1 aliphatic heterocycles. The second-order valence-corrected chi connectivity index (χ2v) is 4.02. The zero-order chi connectivity index (χ0) is 10.1. The number of halogens is 2. The zero-order valence-corrected chi connectivity index (χ0v) is 11.0. The molecule has 1 saturated heterocycles. The van der Waals surface area contributed by atoms with Gasteiger partial charge in [-0.2, -0.15) is 0 Å². The molecule has 0 amide bonds. The lowest BCUT2D eigenvalue weighted by molar-refractivity contribution is 0.243. The Morgan fingerprint density at radius 3 is 2.47 bits per heavy atom. The molecule has 0 spiro atoms. The number of likely N-dealkylation sites (N-methyl/N-ethyl adjacent to an activating group) is 1. The highest BCUT2D eigenvalue weighted by molar-refractivity contribution is 8.93. The van der Waals surface area contributed by atoms with Gasteiger partial charge in [-0.05, 0) is 24.7 Å². The summed E-state index contributed by atoms with van der Waals surface area (Å²) in [6.45, 7) is 0.888. The molecule has 0 aromatic heterocycles. The van der Waals surface area contributed by atoms with Crippen molar-refractivity contribution in [2.75, 3.05) is 13.6 Å². The minimum absolute atomic E-state index is 0. The van der Waals surface area contributed by atoms with Crippen molar-refractivity contribution in [2.45, 2.75) is 12.3 Å². The lowest BCUT2D eigenvalue weighted by Gasteiger charge is -2.21. The van der Waals surface area contributed by atoms with E-state index in [9.17, 15) is 0 Å². The maximum atomic E-state index is 5.83. The van der Waals surface area contributed by atoms with Crippen molar-refractivity contribution in [1.82, 2.24) is 10.2 Å². The summed E-state index contributed by atoms with van der Waals surface area (Å²) in [7, 11) is 2.02. The molecule has 2 atom stereocenters. The molecule has 1 aliphatic rings. The Labute approximate surface area is 105 Å². The Morgan fingerprint density at radius 2 is 2.00 bits per heavy atom. The van der Waals surface area contributed by atoms with Crippen molar-refractivity contribution in [3.05, 3.63) is 34.9 Å². The van der Waals surface area contributed by atoms with Crippen LogP contribution < -0.4 is 11.1 Å². The summed E-state index contributed by atoms with van der Waals surface area (Å²) in [5, 5.41) is 3.97. The molecule has 1 aromatic rings. The van der Waals surface area contributed by atoms with Crippen molar-refractivity contribution in [3.63, 3.8) is 0 Å². The minimum atomic E-state index is -0.0457. The highest BCUT2D eigenvalue weighted by Crippen LogP contribution is 2.24. The van der Waals surface area contributed by atoms with Gasteiger partial charge in [0.15, 0.2) is 0 Å². The summed E-state index contributed by atoms with van der Waals surface area (Å²) in [4.78, 5) is 2.11. The second kappa shape index (κ2) is 5.27. The van der Waals surface area contributed by atoms with Gasteiger partial charge in [0.25, 0.3) is 0 Å². The van der Waals surface area contributed by atoms with Gasteiger partial charge in [-0.15, -0.1) is 17.0 Å². The fraction of sp³-hybridized carbons (Fsp3) is 0.400. The fourth-order valence-electron chi connectivity index (χ4n) is 1.75. The summed E-state index contributed by atoms with van der Waals surface area (Å²) >= 11 is 5.83. The van der Waals surface area contributed by atoms with Crippen LogP contribution >= 0.6 is 28.6 Å². The molecule has 84 valence electrons. The molecule has 3 N–H and O–H groups in total. The van der Waals surface area contributed by atoms with Gasteiger partial charge < -0.3 is 5.73 Å². The zero-order valence-electron chi connectivity index (χ0n) is 8.48. The Morgan fingerprint density at radius 1 is 1.40 bits per heavy atom. The summed E-state index contributed by atoms with van der Waals surface area (Å²) < 4.78 is 0. The first kappa shape index (κ1) is 12.9. The normalized spacial score (nSPS) is 26.3. The average molecular weight is 293 g/mol. The first-order valence-electron chi connectivity index (χ1n) is 4.65. The number of nitrogens with zero attached hydrogens (tertiary/aromatic N) is 1. The summed E-state index contributed by atoms with van der Waals surface area (Å²) in [5.41, 5.74) is 7.07. The van der Waals surface area contributed by atoms with Crippen molar-refractivity contribution < 1.29 is 0 Å². The van der Waals surface area contributed by atoms with E-state index in [1.807, 2.05) is 31.3 Å². The van der Waals surface area contributed by atoms with Crippen molar-refractivity contribution >= 4 is 28.6 Å². The van der Waals surface area contributed by atoms with Gasteiger partial charge in [-0.3, -0.25) is 10.2 Å². The van der Waals surface area contributed by atoms with Crippen molar-refractivity contribution in [3.8, 4) is 0 Å². The first-order valence-corrected chi connectivity index (χ1v) is 5.02. The standard InChI is InChI=1S/C10H14ClN3.BrH/c1-14-9(6-13-10(14)12)7-2-4-8(11)5-3-7;/h2-5,9-10,13H,6,12H2,1H3;1H. The van der Waals surface area contributed by atoms with E-state index in [1.54, 1.807) is 0 Å². The molecule has 15 heavy (non-hydrogen) atoms. The highest BCUT2D eigenvalue weighted by atomic mass is 79.9. The third-order valence-electron chi connectivity index (χ3n) is 2.71. The van der Waals surface area contributed by atoms with Crippen molar-refractivity contribution in [1.29, 1.82) is 0 Å². The third-order valence-corrected chi connectivity index (χ3v) is 2.96. The van der Waals surface area contributed by atoms with Gasteiger partial charge in [0.2, 0.25) is 0 Å². The molecule has 0 bridgehead atoms. The van der Waals surface area contributed by atoms with Gasteiger partial charge >= 0.3 is 0 Å². The van der Waals surface area contributed by atoms with Crippen LogP contribution in [0.4, 0.5) is 0 Å². The van der Waals surface area contributed by atoms with Crippen LogP contribution in [0.1, 0.15) is 11.6 Å². The minimum Gasteiger partial charge on any atom is -0.303 e. The highest BCUT2D eigenvalue weighted by Gasteiger charge is 2.27. The molecule has 0 saturated carbocycles. The smallest absolute Gasteiger partial charge is 0.112 e. The van der Waals surface area contributed by atoms with Gasteiger partial charge in [0, 0.05) is 17.6 Å². The lowest BCUT2D eigenvalue weighted by Crippen LogP contribution is -2.41. The van der Waals surface area contributed by atoms with Crippen LogP contribution in [0.2, 0.25) is 5.02 Å². The second-order valence-electron chi connectivity index (χ2n) is 3.59. The van der Waals surface area contributed by atoms with E-state index < -0.39 is 0 Å². The molecule has 2 rings (SSSR count). The number of hydrogen-bond acceptors (Lipinski definition) is 3. The van der Waals surface area contributed by atoms with Crippen LogP contribution in [0.25, 0.3) is 0 Å². The van der Waals surface area contributed by atoms with E-state index >= 15 is 0 Å². The molecule has 1 fully saturated rings. The summed E-state index contributed by atoms with van der Waals surface area (Å²) in [6.07, 6.45) is -0.0457. The molecule has 3 nitrogen and oxygen atoms in total. The molecule has 0 radical (unpaired) electrons. The van der Waals surface area contributed by atoms with Gasteiger partial charge in [-0.25, -0.2) is 0 Å². The van der Waals surface area contributed by atoms with Crippen LogP contribution in [0.3, 0.4) is 0 Å². The van der Waals surface area contributed by atoms with E-state index in [2.05, 4.69) is 10.2 Å². The van der Waals surface area contributed by atoms with Gasteiger partial charge in [0.1, 0.15) is 6.29 Å². The monoisotopic (exact) mass is 291 g/mol. The quantitative estimate of drug-likeness (QED) is 0.828. The van der Waals surface area contributed by atoms with Gasteiger partial charge in [0.05, 0.1) is 0 Å². The van der Waals surface area contributed by atoms with Crippen LogP contribution in [0, 0.1) is 0 Å². The largest absolute Gasteiger partial charge is 0.303 e. The number of nitrogens with one attached hydrogen (secondary N) is 1. The molecule has 1 aromatic carbocycles. The summed E-state index contributed by atoms with van der Waals surface area (Å²) in [5.74, 6) is 0. The molecule has 0 aliphatic carbocycles. The molecule has 2 unspecified atom stereocenters. The Kier molecular flexibility index (Phi) is 4.55. The predicted octanol–water partition coefficient (Wildman–Crippen LogP) is 1.74. The average Bonchev–Trinajstić information content (AvgIpc) is 2.50. The van der Waals surface area contributed by atoms with E-state index in [0.717, 1.165) is 11.6 Å². The third kappa shape index (κ3) is 2.71. The fourth-order valence-corrected chi connectivity index (χ4v) is 1.88. The molecule has 5 heteroatoms. The maximum absolute atomic E-state index is 5.83. The Bertz CT molecular complexity index is 317. The van der Waals surface area contributed by atoms with Crippen LogP contribution in [0.5, 0.6) is 0 Å². The SMILES string of the molecule is Br.CN1C(N)NCC1c1ccc(Cl)cc1. The van der Waals surface area contributed by atoms with Crippen molar-refractivity contribution in [2.24, 2.45) is 5.73 Å². The summed E-state index contributed by atoms with van der Waals surface area (Å²) in [6, 6.07) is 8.26. The molecule has 1 heterocycles. The topological polar surface area (TPSA) is 41.3 Å². The van der Waals surface area contributed by atoms with E-state index in [4.69, 9.17) is 17.3 Å². The Balaban J connectivity index is 0.00000112. The number of rotatable bonds is 1. The molecular weight excluding hydrogens is 277 g/mol. The Hall–Kier alpha value is -0.130. The van der Waals surface area contributed by atoms with Crippen LogP contribution in [-0.2, 0) is 0 Å². The van der Waals surface area contributed by atoms with E-state index in [0.29, 0.717) is 6.04 Å². The number of nitrogens with two attached hydrogens (primary N) is 1. The van der Waals surface area contributed by atoms with Gasteiger partial charge in [-0.1, -0.05) is 23.7 Å².